The highest BCUT2D eigenvalue weighted by Gasteiger charge is 2.26. The third-order valence-corrected chi connectivity index (χ3v) is 3.11. The molecule has 2 rings (SSSR count). The fourth-order valence-electron chi connectivity index (χ4n) is 2.10. The van der Waals surface area contributed by atoms with Gasteiger partial charge in [-0.1, -0.05) is 5.16 Å². The Morgan fingerprint density at radius 2 is 2.42 bits per heavy atom. The molecule has 7 nitrogen and oxygen atoms in total. The van der Waals surface area contributed by atoms with Crippen LogP contribution in [-0.2, 0) is 4.74 Å². The van der Waals surface area contributed by atoms with Gasteiger partial charge in [-0.05, 0) is 19.1 Å². The van der Waals surface area contributed by atoms with Crippen molar-refractivity contribution in [2.24, 2.45) is 10.9 Å². The van der Waals surface area contributed by atoms with Gasteiger partial charge in [-0.15, -0.1) is 0 Å². The van der Waals surface area contributed by atoms with Crippen molar-refractivity contribution in [3.63, 3.8) is 0 Å². The molecule has 1 aromatic heterocycles. The fraction of sp³-hybridized carbons (Fsp3) is 0.500. The Balaban J connectivity index is 2.44. The molecule has 0 saturated carbocycles. The first kappa shape index (κ1) is 13.6. The van der Waals surface area contributed by atoms with Crippen molar-refractivity contribution < 1.29 is 15.1 Å². The molecule has 1 aliphatic heterocycles. The monoisotopic (exact) mass is 266 g/mol. The lowest BCUT2D eigenvalue weighted by Gasteiger charge is -2.36. The molecule has 2 heterocycles. The highest BCUT2D eigenvalue weighted by molar-refractivity contribution is 6.01. The van der Waals surface area contributed by atoms with E-state index in [0.717, 1.165) is 5.69 Å². The predicted octanol–water partition coefficient (Wildman–Crippen LogP) is -0.318. The summed E-state index contributed by atoms with van der Waals surface area (Å²) in [7, 11) is 0. The highest BCUT2D eigenvalue weighted by atomic mass is 16.5. The van der Waals surface area contributed by atoms with Crippen molar-refractivity contribution in [3.8, 4) is 0 Å². The number of hydrogen-bond donors (Lipinski definition) is 3. The summed E-state index contributed by atoms with van der Waals surface area (Å²) >= 11 is 0. The second kappa shape index (κ2) is 5.85. The van der Waals surface area contributed by atoms with Crippen molar-refractivity contribution >= 4 is 11.7 Å². The molecule has 1 fully saturated rings. The molecule has 0 aliphatic carbocycles. The van der Waals surface area contributed by atoms with E-state index in [1.54, 1.807) is 12.1 Å². The quantitative estimate of drug-likeness (QED) is 0.300. The van der Waals surface area contributed by atoms with Crippen LogP contribution in [0.2, 0.25) is 0 Å². The first-order valence-corrected chi connectivity index (χ1v) is 6.08. The number of nitrogens with two attached hydrogens (primary N) is 1. The molecule has 0 radical (unpaired) electrons. The summed E-state index contributed by atoms with van der Waals surface area (Å²) in [5.41, 5.74) is 7.05. The van der Waals surface area contributed by atoms with Gasteiger partial charge >= 0.3 is 0 Å². The summed E-state index contributed by atoms with van der Waals surface area (Å²) < 4.78 is 5.34. The summed E-state index contributed by atoms with van der Waals surface area (Å²) in [6.45, 7) is 3.43. The lowest BCUT2D eigenvalue weighted by atomic mass is 10.1. The Hall–Kier alpha value is -1.86. The van der Waals surface area contributed by atoms with E-state index in [1.807, 2.05) is 11.8 Å². The van der Waals surface area contributed by atoms with E-state index >= 15 is 0 Å². The molecular weight excluding hydrogens is 248 g/mol. The van der Waals surface area contributed by atoms with Crippen molar-refractivity contribution in [3.05, 3.63) is 23.4 Å². The normalized spacial score (nSPS) is 20.6. The number of oxime groups is 1. The number of aromatic nitrogens is 1. The van der Waals surface area contributed by atoms with E-state index in [4.69, 9.17) is 15.7 Å². The molecule has 1 unspecified atom stereocenters. The lowest BCUT2D eigenvalue weighted by Crippen LogP contribution is -2.48. The van der Waals surface area contributed by atoms with Gasteiger partial charge in [0.1, 0.15) is 5.82 Å². The molecule has 104 valence electrons. The number of nitrogens with zero attached hydrogens (tertiary/aromatic N) is 3. The first-order chi connectivity index (χ1) is 9.17. The molecule has 19 heavy (non-hydrogen) atoms. The minimum absolute atomic E-state index is 0.00526. The summed E-state index contributed by atoms with van der Waals surface area (Å²) in [6.07, 6.45) is 0. The van der Waals surface area contributed by atoms with Crippen LogP contribution in [0.1, 0.15) is 11.3 Å². The number of anilines is 1. The van der Waals surface area contributed by atoms with Crippen LogP contribution in [0.15, 0.2) is 17.3 Å². The maximum absolute atomic E-state index is 9.42. The molecule has 7 heteroatoms. The van der Waals surface area contributed by atoms with Gasteiger partial charge in [0.05, 0.1) is 31.4 Å². The number of amidine groups is 1. The average molecular weight is 266 g/mol. The highest BCUT2D eigenvalue weighted by Crippen LogP contribution is 2.22. The van der Waals surface area contributed by atoms with Crippen LogP contribution in [0.5, 0.6) is 0 Å². The molecule has 1 aromatic rings. The number of ether oxygens (including phenoxy) is 1. The van der Waals surface area contributed by atoms with Crippen LogP contribution in [0.25, 0.3) is 0 Å². The van der Waals surface area contributed by atoms with Gasteiger partial charge in [-0.2, -0.15) is 0 Å². The second-order valence-electron chi connectivity index (χ2n) is 4.41. The summed E-state index contributed by atoms with van der Waals surface area (Å²) in [5.74, 6) is 0.614. The van der Waals surface area contributed by atoms with Crippen molar-refractivity contribution in [1.82, 2.24) is 4.98 Å². The number of hydrogen-bond acceptors (Lipinski definition) is 6. The maximum Gasteiger partial charge on any atom is 0.173 e. The Labute approximate surface area is 111 Å². The SMILES string of the molecule is Cc1ccc(/C(N)=N/O)c(N2CCOCC2CO)n1. The molecule has 0 amide bonds. The third-order valence-electron chi connectivity index (χ3n) is 3.11. The van der Waals surface area contributed by atoms with Gasteiger partial charge in [0, 0.05) is 12.2 Å². The summed E-state index contributed by atoms with van der Waals surface area (Å²) in [5, 5.41) is 21.3. The average Bonchev–Trinajstić information content (AvgIpc) is 2.46. The number of pyridine rings is 1. The van der Waals surface area contributed by atoms with Crippen LogP contribution in [0.4, 0.5) is 5.82 Å². The Bertz CT molecular complexity index is 478. The van der Waals surface area contributed by atoms with Gasteiger partial charge in [0.2, 0.25) is 0 Å². The maximum atomic E-state index is 9.42. The molecular formula is C12H18N4O3. The van der Waals surface area contributed by atoms with E-state index in [0.29, 0.717) is 31.1 Å². The van der Waals surface area contributed by atoms with Crippen molar-refractivity contribution in [2.45, 2.75) is 13.0 Å². The van der Waals surface area contributed by atoms with Crippen LogP contribution >= 0.6 is 0 Å². The van der Waals surface area contributed by atoms with Crippen LogP contribution in [0.3, 0.4) is 0 Å². The molecule has 4 N–H and O–H groups in total. The fourth-order valence-corrected chi connectivity index (χ4v) is 2.10. The van der Waals surface area contributed by atoms with E-state index in [1.165, 1.54) is 0 Å². The standard InChI is InChI=1S/C12H18N4O3/c1-8-2-3-10(11(13)15-18)12(14-8)16-4-5-19-7-9(16)6-17/h2-3,9,17-18H,4-7H2,1H3,(H2,13,15). The minimum Gasteiger partial charge on any atom is -0.409 e. The zero-order valence-corrected chi connectivity index (χ0v) is 10.8. The molecule has 1 aliphatic rings. The molecule has 1 saturated heterocycles. The molecule has 1 atom stereocenters. The number of rotatable bonds is 3. The first-order valence-electron chi connectivity index (χ1n) is 6.08. The van der Waals surface area contributed by atoms with E-state index in [9.17, 15) is 5.11 Å². The molecule has 0 bridgehead atoms. The van der Waals surface area contributed by atoms with E-state index in [2.05, 4.69) is 10.1 Å². The Morgan fingerprint density at radius 3 is 3.11 bits per heavy atom. The zero-order chi connectivity index (χ0) is 13.8. The smallest absolute Gasteiger partial charge is 0.173 e. The molecule has 0 aromatic carbocycles. The van der Waals surface area contributed by atoms with E-state index < -0.39 is 0 Å². The zero-order valence-electron chi connectivity index (χ0n) is 10.8. The van der Waals surface area contributed by atoms with Crippen LogP contribution in [-0.4, -0.2) is 53.5 Å². The number of aryl methyl sites for hydroxylation is 1. The van der Waals surface area contributed by atoms with Crippen molar-refractivity contribution in [1.29, 1.82) is 0 Å². The summed E-state index contributed by atoms with van der Waals surface area (Å²) in [4.78, 5) is 6.39. The van der Waals surface area contributed by atoms with Gasteiger partial charge < -0.3 is 25.7 Å². The van der Waals surface area contributed by atoms with Crippen LogP contribution in [0, 0.1) is 6.92 Å². The number of aliphatic hydroxyl groups excluding tert-OH is 1. The van der Waals surface area contributed by atoms with Crippen molar-refractivity contribution in [2.75, 3.05) is 31.3 Å². The largest absolute Gasteiger partial charge is 0.409 e. The molecule has 0 spiro atoms. The topological polar surface area (TPSA) is 104 Å². The van der Waals surface area contributed by atoms with E-state index in [-0.39, 0.29) is 18.5 Å². The third kappa shape index (κ3) is 2.77. The number of aliphatic hydroxyl groups is 1. The predicted molar refractivity (Wildman–Crippen MR) is 70.5 cm³/mol. The van der Waals surface area contributed by atoms with Gasteiger partial charge in [0.15, 0.2) is 5.84 Å². The Morgan fingerprint density at radius 1 is 1.63 bits per heavy atom. The van der Waals surface area contributed by atoms with Crippen LogP contribution < -0.4 is 10.6 Å². The number of morpholine rings is 1. The van der Waals surface area contributed by atoms with Gasteiger partial charge in [0.25, 0.3) is 0 Å². The van der Waals surface area contributed by atoms with Gasteiger partial charge in [-0.3, -0.25) is 0 Å². The lowest BCUT2D eigenvalue weighted by molar-refractivity contribution is 0.0722. The summed E-state index contributed by atoms with van der Waals surface area (Å²) in [6, 6.07) is 3.38. The van der Waals surface area contributed by atoms with Gasteiger partial charge in [-0.25, -0.2) is 4.98 Å². The minimum atomic E-state index is -0.173. The second-order valence-corrected chi connectivity index (χ2v) is 4.41. The Kier molecular flexibility index (Phi) is 4.18.